The number of ether oxygens (including phenoxy) is 2. The molecule has 5 nitrogen and oxygen atoms in total. The molecule has 0 aliphatic carbocycles. The first kappa shape index (κ1) is 21.7. The molecule has 0 atom stereocenters. The zero-order valence-corrected chi connectivity index (χ0v) is 18.6. The summed E-state index contributed by atoms with van der Waals surface area (Å²) in [5.41, 5.74) is 3.80. The van der Waals surface area contributed by atoms with E-state index in [-0.39, 0.29) is 5.91 Å². The number of rotatable bonds is 7. The molecule has 3 aromatic carbocycles. The Bertz CT molecular complexity index is 1260. The van der Waals surface area contributed by atoms with Crippen LogP contribution in [0.5, 0.6) is 11.5 Å². The van der Waals surface area contributed by atoms with Crippen LogP contribution in [0.1, 0.15) is 15.9 Å². The van der Waals surface area contributed by atoms with Crippen molar-refractivity contribution in [3.8, 4) is 22.8 Å². The third kappa shape index (κ3) is 4.68. The molecule has 4 rings (SSSR count). The number of benzene rings is 3. The number of carbonyl (C=O) groups excluding carboxylic acids is 1. The number of nitrogens with one attached hydrogen (secondary N) is 1. The van der Waals surface area contributed by atoms with Crippen molar-refractivity contribution in [3.63, 3.8) is 0 Å². The van der Waals surface area contributed by atoms with E-state index in [0.29, 0.717) is 40.7 Å². The summed E-state index contributed by atoms with van der Waals surface area (Å²) >= 11 is 5.95. The number of nitrogens with zero attached hydrogens (tertiary/aromatic N) is 1. The highest BCUT2D eigenvalue weighted by Crippen LogP contribution is 2.34. The summed E-state index contributed by atoms with van der Waals surface area (Å²) in [4.78, 5) is 17.9. The first-order valence-corrected chi connectivity index (χ1v) is 10.6. The van der Waals surface area contributed by atoms with Crippen LogP contribution >= 0.6 is 11.6 Å². The second-order valence-corrected chi connectivity index (χ2v) is 7.71. The Morgan fingerprint density at radius 2 is 1.75 bits per heavy atom. The number of fused-ring (bicyclic) bond motifs is 1. The van der Waals surface area contributed by atoms with Gasteiger partial charge < -0.3 is 14.8 Å². The third-order valence-corrected chi connectivity index (χ3v) is 5.51. The maximum Gasteiger partial charge on any atom is 0.252 e. The largest absolute Gasteiger partial charge is 0.497 e. The average molecular weight is 447 g/mol. The topological polar surface area (TPSA) is 60.5 Å². The highest BCUT2D eigenvalue weighted by Gasteiger charge is 2.16. The molecular formula is C26H23ClN2O3. The fourth-order valence-electron chi connectivity index (χ4n) is 3.58. The van der Waals surface area contributed by atoms with Gasteiger partial charge in [0.1, 0.15) is 11.5 Å². The molecule has 0 unspecified atom stereocenters. The maximum absolute atomic E-state index is 13.1. The van der Waals surface area contributed by atoms with E-state index in [9.17, 15) is 4.79 Å². The molecule has 0 spiro atoms. The van der Waals surface area contributed by atoms with Gasteiger partial charge in [-0.1, -0.05) is 41.9 Å². The lowest BCUT2D eigenvalue weighted by atomic mass is 10.0. The molecule has 1 amide bonds. The number of hydrogen-bond acceptors (Lipinski definition) is 4. The lowest BCUT2D eigenvalue weighted by Crippen LogP contribution is -2.26. The summed E-state index contributed by atoms with van der Waals surface area (Å²) in [6, 6.07) is 22.6. The van der Waals surface area contributed by atoms with Crippen molar-refractivity contribution in [1.29, 1.82) is 0 Å². The monoisotopic (exact) mass is 446 g/mol. The van der Waals surface area contributed by atoms with Gasteiger partial charge in [0.05, 0.1) is 31.0 Å². The molecule has 1 aromatic heterocycles. The standard InChI is InChI=1S/C26H23ClN2O3/c1-31-19-11-12-25(32-2)22(15-19)24-16-21(20-5-3-4-6-23(20)29-24)26(30)28-14-13-17-7-9-18(27)10-8-17/h3-12,15-16H,13-14H2,1-2H3,(H,28,30). The predicted molar refractivity (Wildman–Crippen MR) is 128 cm³/mol. The summed E-state index contributed by atoms with van der Waals surface area (Å²) in [6.07, 6.45) is 0.711. The van der Waals surface area contributed by atoms with Crippen LogP contribution in [-0.2, 0) is 6.42 Å². The van der Waals surface area contributed by atoms with E-state index in [2.05, 4.69) is 5.32 Å². The van der Waals surface area contributed by atoms with Gasteiger partial charge in [0.15, 0.2) is 0 Å². The van der Waals surface area contributed by atoms with Crippen molar-refractivity contribution in [2.75, 3.05) is 20.8 Å². The summed E-state index contributed by atoms with van der Waals surface area (Å²) in [6.45, 7) is 0.509. The number of pyridine rings is 1. The maximum atomic E-state index is 13.1. The highest BCUT2D eigenvalue weighted by molar-refractivity contribution is 6.30. The van der Waals surface area contributed by atoms with Crippen LogP contribution < -0.4 is 14.8 Å². The van der Waals surface area contributed by atoms with Crippen LogP contribution in [0.2, 0.25) is 5.02 Å². The van der Waals surface area contributed by atoms with Gasteiger partial charge in [-0.25, -0.2) is 4.98 Å². The van der Waals surface area contributed by atoms with Crippen LogP contribution in [0.15, 0.2) is 72.8 Å². The molecule has 0 radical (unpaired) electrons. The van der Waals surface area contributed by atoms with Crippen molar-refractivity contribution in [1.82, 2.24) is 10.3 Å². The van der Waals surface area contributed by atoms with E-state index in [1.807, 2.05) is 66.7 Å². The molecule has 6 heteroatoms. The minimum absolute atomic E-state index is 0.152. The molecule has 0 aliphatic rings. The number of amides is 1. The SMILES string of the molecule is COc1ccc(OC)c(-c2cc(C(=O)NCCc3ccc(Cl)cc3)c3ccccc3n2)c1. The molecule has 0 aliphatic heterocycles. The van der Waals surface area contributed by atoms with E-state index in [1.54, 1.807) is 20.3 Å². The minimum Gasteiger partial charge on any atom is -0.497 e. The Kier molecular flexibility index (Phi) is 6.57. The van der Waals surface area contributed by atoms with Crippen molar-refractivity contribution in [3.05, 3.63) is 88.9 Å². The number of halogens is 1. The van der Waals surface area contributed by atoms with Crippen LogP contribution in [-0.4, -0.2) is 31.7 Å². The van der Waals surface area contributed by atoms with Crippen molar-refractivity contribution >= 4 is 28.4 Å². The number of methoxy groups -OCH3 is 2. The summed E-state index contributed by atoms with van der Waals surface area (Å²) in [5.74, 6) is 1.19. The van der Waals surface area contributed by atoms with Gasteiger partial charge in [0.2, 0.25) is 0 Å². The first-order chi connectivity index (χ1) is 15.6. The average Bonchev–Trinajstić information content (AvgIpc) is 2.84. The zero-order chi connectivity index (χ0) is 22.5. The van der Waals surface area contributed by atoms with Crippen LogP contribution in [0, 0.1) is 0 Å². The molecule has 4 aromatic rings. The van der Waals surface area contributed by atoms with E-state index >= 15 is 0 Å². The van der Waals surface area contributed by atoms with Gasteiger partial charge in [-0.05, 0) is 54.4 Å². The van der Waals surface area contributed by atoms with E-state index in [1.165, 1.54) is 0 Å². The number of aromatic nitrogens is 1. The third-order valence-electron chi connectivity index (χ3n) is 5.26. The van der Waals surface area contributed by atoms with Gasteiger partial charge in [0, 0.05) is 22.5 Å². The number of para-hydroxylation sites is 1. The Morgan fingerprint density at radius 1 is 0.969 bits per heavy atom. The summed E-state index contributed by atoms with van der Waals surface area (Å²) < 4.78 is 10.9. The van der Waals surface area contributed by atoms with E-state index in [4.69, 9.17) is 26.1 Å². The first-order valence-electron chi connectivity index (χ1n) is 10.2. The molecule has 1 N–H and O–H groups in total. The molecule has 1 heterocycles. The van der Waals surface area contributed by atoms with E-state index in [0.717, 1.165) is 22.0 Å². The van der Waals surface area contributed by atoms with Crippen LogP contribution in [0.4, 0.5) is 0 Å². The lowest BCUT2D eigenvalue weighted by molar-refractivity contribution is 0.0955. The zero-order valence-electron chi connectivity index (χ0n) is 17.9. The molecular weight excluding hydrogens is 424 g/mol. The van der Waals surface area contributed by atoms with Gasteiger partial charge >= 0.3 is 0 Å². The predicted octanol–water partition coefficient (Wildman–Crippen LogP) is 5.54. The fourth-order valence-corrected chi connectivity index (χ4v) is 3.71. The van der Waals surface area contributed by atoms with Gasteiger partial charge in [-0.3, -0.25) is 4.79 Å². The quantitative estimate of drug-likeness (QED) is 0.404. The Labute approximate surface area is 192 Å². The molecule has 0 saturated carbocycles. The normalized spacial score (nSPS) is 10.7. The highest BCUT2D eigenvalue weighted by atomic mass is 35.5. The molecule has 0 fully saturated rings. The number of carbonyl (C=O) groups is 1. The molecule has 0 bridgehead atoms. The summed E-state index contributed by atoms with van der Waals surface area (Å²) in [5, 5.41) is 4.52. The fraction of sp³-hybridized carbons (Fsp3) is 0.154. The minimum atomic E-state index is -0.152. The van der Waals surface area contributed by atoms with Crippen molar-refractivity contribution in [2.45, 2.75) is 6.42 Å². The van der Waals surface area contributed by atoms with Gasteiger partial charge in [-0.2, -0.15) is 0 Å². The van der Waals surface area contributed by atoms with Crippen LogP contribution in [0.3, 0.4) is 0 Å². The smallest absolute Gasteiger partial charge is 0.252 e. The second-order valence-electron chi connectivity index (χ2n) is 7.27. The molecule has 162 valence electrons. The Hall–Kier alpha value is -3.57. The van der Waals surface area contributed by atoms with Gasteiger partial charge in [-0.15, -0.1) is 0 Å². The Balaban J connectivity index is 1.67. The van der Waals surface area contributed by atoms with Crippen LogP contribution in [0.25, 0.3) is 22.2 Å². The van der Waals surface area contributed by atoms with Crippen molar-refractivity contribution in [2.24, 2.45) is 0 Å². The van der Waals surface area contributed by atoms with Crippen molar-refractivity contribution < 1.29 is 14.3 Å². The van der Waals surface area contributed by atoms with Gasteiger partial charge in [0.25, 0.3) is 5.91 Å². The molecule has 32 heavy (non-hydrogen) atoms. The van der Waals surface area contributed by atoms with E-state index < -0.39 is 0 Å². The number of hydrogen-bond donors (Lipinski definition) is 1. The lowest BCUT2D eigenvalue weighted by Gasteiger charge is -2.13. The Morgan fingerprint density at radius 3 is 2.50 bits per heavy atom. The molecule has 0 saturated heterocycles. The second kappa shape index (κ2) is 9.71. The summed E-state index contributed by atoms with van der Waals surface area (Å²) in [7, 11) is 3.22.